The molecular weight excluding hydrogens is 837 g/mol. The summed E-state index contributed by atoms with van der Waals surface area (Å²) < 4.78 is 27.3. The Morgan fingerprint density at radius 3 is 2.40 bits per heavy atom. The third kappa shape index (κ3) is 7.88. The number of hydrogen-bond donors (Lipinski definition) is 9. The van der Waals surface area contributed by atoms with Crippen molar-refractivity contribution in [2.24, 2.45) is 29.4 Å². The van der Waals surface area contributed by atoms with E-state index in [1.807, 2.05) is 66.7 Å². The lowest BCUT2D eigenvalue weighted by Gasteiger charge is -2.65. The van der Waals surface area contributed by atoms with E-state index in [0.717, 1.165) is 11.1 Å². The van der Waals surface area contributed by atoms with Crippen molar-refractivity contribution in [3.63, 3.8) is 0 Å². The summed E-state index contributed by atoms with van der Waals surface area (Å²) in [5.41, 5.74) is 5.97. The Morgan fingerprint density at radius 1 is 1.06 bits per heavy atom. The molecular formula is C49H64N4O12. The maximum atomic E-state index is 15.2. The number of aliphatic hydroxyl groups is 6. The van der Waals surface area contributed by atoms with Crippen molar-refractivity contribution in [3.8, 4) is 23.3 Å². The number of dihydropyridines is 1. The third-order valence-corrected chi connectivity index (χ3v) is 13.9. The van der Waals surface area contributed by atoms with Crippen LogP contribution in [-0.4, -0.2) is 110 Å². The van der Waals surface area contributed by atoms with Crippen LogP contribution in [0.15, 0.2) is 58.0 Å². The minimum absolute atomic E-state index is 0.000385. The van der Waals surface area contributed by atoms with Gasteiger partial charge in [0.05, 0.1) is 41.7 Å². The first-order chi connectivity index (χ1) is 30.7. The minimum atomic E-state index is -2.33. The molecule has 11 atom stereocenters. The highest BCUT2D eigenvalue weighted by atomic mass is 16.7. The number of fused-ring (bicyclic) bond motifs is 5. The summed E-state index contributed by atoms with van der Waals surface area (Å²) in [6.07, 6.45) is 2.49. The summed E-state index contributed by atoms with van der Waals surface area (Å²) in [7, 11) is 0. The Labute approximate surface area is 379 Å². The third-order valence-electron chi connectivity index (χ3n) is 13.9. The summed E-state index contributed by atoms with van der Waals surface area (Å²) >= 11 is 0. The van der Waals surface area contributed by atoms with Crippen LogP contribution in [0.2, 0.25) is 0 Å². The first-order valence-corrected chi connectivity index (χ1v) is 22.5. The topological polar surface area (TPSA) is 266 Å². The Balaban J connectivity index is 1.57. The molecule has 1 saturated heterocycles. The lowest BCUT2D eigenvalue weighted by Crippen LogP contribution is -2.78. The van der Waals surface area contributed by atoms with Crippen molar-refractivity contribution in [1.82, 2.24) is 10.6 Å². The van der Waals surface area contributed by atoms with Gasteiger partial charge in [0.2, 0.25) is 12.2 Å². The van der Waals surface area contributed by atoms with Crippen LogP contribution in [0.25, 0.3) is 11.8 Å². The van der Waals surface area contributed by atoms with Crippen LogP contribution >= 0.6 is 0 Å². The van der Waals surface area contributed by atoms with Crippen molar-refractivity contribution in [2.45, 2.75) is 135 Å². The normalized spacial score (nSPS) is 33.2. The number of nitrogens with one attached hydrogen (secondary N) is 2. The second-order valence-electron chi connectivity index (χ2n) is 19.3. The number of nitrogens with zero attached hydrogens (tertiary/aromatic N) is 1. The summed E-state index contributed by atoms with van der Waals surface area (Å²) in [6, 6.07) is 2.24. The number of carbonyl (C=O) groups excluding carboxylic acids is 2. The molecule has 352 valence electrons. The fraction of sp³-hybridized carbons (Fsp3) is 0.571. The van der Waals surface area contributed by atoms with Gasteiger partial charge in [-0.2, -0.15) is 5.26 Å². The summed E-state index contributed by atoms with van der Waals surface area (Å²) in [5, 5.41) is 82.8. The van der Waals surface area contributed by atoms with Crippen molar-refractivity contribution < 1.29 is 59.2 Å². The maximum Gasteiger partial charge on any atom is 0.246 e. The number of carbonyl (C=O) groups is 2. The molecule has 4 fully saturated rings. The van der Waals surface area contributed by atoms with Gasteiger partial charge in [-0.1, -0.05) is 43.2 Å². The number of ether oxygens (including phenoxy) is 4. The molecule has 10 N–H and O–H groups in total. The molecule has 8 rings (SSSR count). The highest BCUT2D eigenvalue weighted by molar-refractivity contribution is 6.01. The van der Waals surface area contributed by atoms with Gasteiger partial charge in [0.1, 0.15) is 53.1 Å². The molecule has 4 aliphatic heterocycles. The number of allylic oxidation sites excluding steroid dienone is 5. The molecule has 1 aromatic rings. The number of ketones is 1. The first-order valence-electron chi connectivity index (χ1n) is 22.5. The zero-order valence-electron chi connectivity index (χ0n) is 38.4. The zero-order chi connectivity index (χ0) is 47.5. The number of Topliss-reactive ketones (excluding diaryl/α,β-unsaturated/α-hetero) is 1. The van der Waals surface area contributed by atoms with Gasteiger partial charge in [0.25, 0.3) is 0 Å². The SMILES string of the molecule is CC(C)=CCCC1(C)C=Cc2c(c(CC=C(C)C)c3c(c2O[C@@H]2O[C@H](CO)[C@@H](O)[C@H](O)[C@H]2O)C2=C4C(C(C#N)=C(N)N2)C2CC(C(C)C)C4(O3)C(O)(C/C=C(/C)C(=O)NCCO)C2=O)O1. The Hall–Kier alpha value is -4.99. The lowest BCUT2D eigenvalue weighted by molar-refractivity contribution is -0.277. The second-order valence-corrected chi connectivity index (χ2v) is 19.3. The predicted molar refractivity (Wildman–Crippen MR) is 239 cm³/mol. The zero-order valence-corrected chi connectivity index (χ0v) is 38.4. The smallest absolute Gasteiger partial charge is 0.246 e. The van der Waals surface area contributed by atoms with Gasteiger partial charge in [0, 0.05) is 47.4 Å². The molecule has 0 aromatic heterocycles. The number of benzene rings is 1. The van der Waals surface area contributed by atoms with E-state index >= 15 is 4.79 Å². The van der Waals surface area contributed by atoms with Gasteiger partial charge in [-0.3, -0.25) is 9.59 Å². The van der Waals surface area contributed by atoms with E-state index in [1.54, 1.807) is 6.92 Å². The van der Waals surface area contributed by atoms with Crippen LogP contribution < -0.4 is 30.6 Å². The molecule has 6 unspecified atom stereocenters. The largest absolute Gasteiger partial charge is 0.482 e. The van der Waals surface area contributed by atoms with Crippen LogP contribution in [0, 0.1) is 35.0 Å². The molecule has 16 nitrogen and oxygen atoms in total. The summed E-state index contributed by atoms with van der Waals surface area (Å²) in [6.45, 7) is 14.4. The van der Waals surface area contributed by atoms with E-state index in [0.29, 0.717) is 41.0 Å². The van der Waals surface area contributed by atoms with Crippen molar-refractivity contribution in [1.29, 1.82) is 5.26 Å². The molecule has 16 heteroatoms. The van der Waals surface area contributed by atoms with Gasteiger partial charge in [-0.05, 0) is 85.3 Å². The van der Waals surface area contributed by atoms with E-state index in [9.17, 15) is 40.7 Å². The molecule has 4 heterocycles. The average molecular weight is 901 g/mol. The number of rotatable bonds is 14. The van der Waals surface area contributed by atoms with Gasteiger partial charge in [0.15, 0.2) is 17.0 Å². The van der Waals surface area contributed by atoms with E-state index in [2.05, 4.69) is 22.8 Å². The molecule has 1 amide bonds. The molecule has 1 aromatic carbocycles. The predicted octanol–water partition coefficient (Wildman–Crippen LogP) is 3.09. The van der Waals surface area contributed by atoms with Crippen LogP contribution in [0.1, 0.15) is 97.8 Å². The minimum Gasteiger partial charge on any atom is -0.482 e. The van der Waals surface area contributed by atoms with Gasteiger partial charge in [-0.25, -0.2) is 0 Å². The Kier molecular flexibility index (Phi) is 13.3. The highest BCUT2D eigenvalue weighted by Crippen LogP contribution is 2.69. The number of nitriles is 1. The average Bonchev–Trinajstić information content (AvgIpc) is 3.25. The number of amides is 1. The number of aliphatic hydroxyl groups excluding tert-OH is 5. The fourth-order valence-electron chi connectivity index (χ4n) is 10.6. The van der Waals surface area contributed by atoms with Crippen LogP contribution in [0.5, 0.6) is 17.2 Å². The molecule has 7 aliphatic rings. The molecule has 0 radical (unpaired) electrons. The highest BCUT2D eigenvalue weighted by Gasteiger charge is 2.76. The van der Waals surface area contributed by atoms with Gasteiger partial charge >= 0.3 is 0 Å². The van der Waals surface area contributed by atoms with E-state index in [1.165, 1.54) is 6.08 Å². The first kappa shape index (κ1) is 48.0. The van der Waals surface area contributed by atoms with Crippen LogP contribution in [0.3, 0.4) is 0 Å². The summed E-state index contributed by atoms with van der Waals surface area (Å²) in [5.74, 6) is -3.23. The van der Waals surface area contributed by atoms with Crippen LogP contribution in [-0.2, 0) is 20.7 Å². The van der Waals surface area contributed by atoms with Crippen molar-refractivity contribution >= 4 is 23.5 Å². The summed E-state index contributed by atoms with van der Waals surface area (Å²) in [4.78, 5) is 28.3. The van der Waals surface area contributed by atoms with Crippen molar-refractivity contribution in [2.75, 3.05) is 19.8 Å². The van der Waals surface area contributed by atoms with Crippen LogP contribution in [0.4, 0.5) is 0 Å². The molecule has 65 heavy (non-hydrogen) atoms. The lowest BCUT2D eigenvalue weighted by atomic mass is 9.43. The van der Waals surface area contributed by atoms with E-state index in [4.69, 9.17) is 24.7 Å². The van der Waals surface area contributed by atoms with E-state index < -0.39 is 83.6 Å². The van der Waals surface area contributed by atoms with Gasteiger partial charge < -0.3 is 66.0 Å². The number of hydrogen-bond acceptors (Lipinski definition) is 15. The Bertz CT molecular complexity index is 2350. The Morgan fingerprint density at radius 2 is 1.77 bits per heavy atom. The second kappa shape index (κ2) is 18.0. The quantitative estimate of drug-likeness (QED) is 0.0960. The standard InChI is InChI=1S/C49H64N4O12/c1-23(2)10-9-15-47(8)16-14-28-40(64-47)27(12-11-24(3)4)42-34(41(28)63-46-39(58)38(57)37(56)32(22-55)62-46)36-35-33(30(21-50)44(51)53-36)29-20-31(25(5)6)49(35,65-42)48(61,43(29)59)17-13-26(7)45(60)52-18-19-54/h10-11,13-14,16,25,29,31-33,37-39,46,53-58,61H,9,12,15,17-20,22,51H2,1-8H3,(H,52,60)/b26-13-/t29?,31?,32-,33?,37-,38+,39-,46+,47?,48?,49?/m1/s1. The molecule has 1 spiro atoms. The molecule has 2 bridgehead atoms. The number of nitrogens with two attached hydrogens (primary N) is 1. The molecule has 3 saturated carbocycles. The monoisotopic (exact) mass is 900 g/mol. The van der Waals surface area contributed by atoms with Crippen molar-refractivity contribution in [3.05, 3.63) is 74.7 Å². The van der Waals surface area contributed by atoms with Gasteiger partial charge in [-0.15, -0.1) is 0 Å². The molecule has 3 aliphatic carbocycles. The maximum absolute atomic E-state index is 15.2. The van der Waals surface area contributed by atoms with E-state index in [-0.39, 0.29) is 72.4 Å². The fourth-order valence-corrected chi connectivity index (χ4v) is 10.6.